The maximum Gasteiger partial charge on any atom is 0.137 e. The molecule has 2 unspecified atom stereocenters. The van der Waals surface area contributed by atoms with E-state index in [2.05, 4.69) is 15.9 Å². The molecule has 0 saturated heterocycles. The van der Waals surface area contributed by atoms with Gasteiger partial charge in [0, 0.05) is 13.5 Å². The molecule has 1 aliphatic rings. The predicted octanol–water partition coefficient (Wildman–Crippen LogP) is 4.09. The molecule has 112 valence electrons. The van der Waals surface area contributed by atoms with Crippen molar-refractivity contribution in [1.82, 2.24) is 0 Å². The van der Waals surface area contributed by atoms with Gasteiger partial charge < -0.3 is 9.84 Å². The highest BCUT2D eigenvalue weighted by Gasteiger charge is 2.29. The Bertz CT molecular complexity index is 432. The van der Waals surface area contributed by atoms with E-state index in [0.29, 0.717) is 16.8 Å². The minimum Gasteiger partial charge on any atom is -0.390 e. The van der Waals surface area contributed by atoms with E-state index in [1.807, 2.05) is 0 Å². The molecule has 2 rings (SSSR count). The molecule has 2 atom stereocenters. The van der Waals surface area contributed by atoms with Gasteiger partial charge >= 0.3 is 0 Å². The number of ether oxygens (including phenoxy) is 1. The van der Waals surface area contributed by atoms with E-state index in [4.69, 9.17) is 4.74 Å². The number of hydrogen-bond acceptors (Lipinski definition) is 2. The zero-order valence-corrected chi connectivity index (χ0v) is 13.4. The quantitative estimate of drug-likeness (QED) is 0.871. The molecule has 0 radical (unpaired) electrons. The topological polar surface area (TPSA) is 29.5 Å². The fourth-order valence-electron chi connectivity index (χ4n) is 3.15. The fraction of sp³-hybridized carbons (Fsp3) is 0.625. The van der Waals surface area contributed by atoms with Crippen molar-refractivity contribution in [3.05, 3.63) is 34.1 Å². The Kier molecular flexibility index (Phi) is 6.00. The molecule has 1 aromatic rings. The fourth-order valence-corrected chi connectivity index (χ4v) is 3.58. The summed E-state index contributed by atoms with van der Waals surface area (Å²) in [6.07, 6.45) is 5.81. The lowest BCUT2D eigenvalue weighted by atomic mass is 9.82. The molecule has 20 heavy (non-hydrogen) atoms. The minimum absolute atomic E-state index is 0.126. The van der Waals surface area contributed by atoms with Gasteiger partial charge in [-0.05, 0) is 52.4 Å². The molecule has 2 nitrogen and oxygen atoms in total. The van der Waals surface area contributed by atoms with Crippen LogP contribution < -0.4 is 0 Å². The first kappa shape index (κ1) is 15.9. The van der Waals surface area contributed by atoms with Crippen LogP contribution in [-0.2, 0) is 11.2 Å². The molecule has 1 aliphatic carbocycles. The second-order valence-corrected chi connectivity index (χ2v) is 6.47. The van der Waals surface area contributed by atoms with Gasteiger partial charge in [0.1, 0.15) is 5.82 Å². The summed E-state index contributed by atoms with van der Waals surface area (Å²) in [5.74, 6) is 0.159. The number of hydrogen-bond donors (Lipinski definition) is 1. The van der Waals surface area contributed by atoms with E-state index in [1.54, 1.807) is 19.2 Å². The van der Waals surface area contributed by atoms with Crippen LogP contribution >= 0.6 is 15.9 Å². The van der Waals surface area contributed by atoms with E-state index < -0.39 is 6.10 Å². The summed E-state index contributed by atoms with van der Waals surface area (Å²) in [6, 6.07) is 4.87. The van der Waals surface area contributed by atoms with Crippen molar-refractivity contribution in [2.75, 3.05) is 7.11 Å². The Morgan fingerprint density at radius 3 is 2.65 bits per heavy atom. The van der Waals surface area contributed by atoms with Gasteiger partial charge in [0.05, 0.1) is 16.7 Å². The molecule has 0 amide bonds. The zero-order chi connectivity index (χ0) is 14.5. The van der Waals surface area contributed by atoms with Gasteiger partial charge in [0.15, 0.2) is 0 Å². The van der Waals surface area contributed by atoms with E-state index in [1.165, 1.54) is 25.3 Å². The van der Waals surface area contributed by atoms with Crippen LogP contribution in [0.15, 0.2) is 22.7 Å². The van der Waals surface area contributed by atoms with Crippen LogP contribution in [0, 0.1) is 11.7 Å². The highest BCUT2D eigenvalue weighted by Crippen LogP contribution is 2.30. The Labute approximate surface area is 128 Å². The lowest BCUT2D eigenvalue weighted by Crippen LogP contribution is -2.37. The van der Waals surface area contributed by atoms with Crippen LogP contribution in [0.1, 0.15) is 37.7 Å². The number of aliphatic hydroxyl groups excluding tert-OH is 1. The largest absolute Gasteiger partial charge is 0.390 e. The number of rotatable bonds is 5. The van der Waals surface area contributed by atoms with Crippen LogP contribution in [0.4, 0.5) is 4.39 Å². The monoisotopic (exact) mass is 344 g/mol. The van der Waals surface area contributed by atoms with Gasteiger partial charge in [0.25, 0.3) is 0 Å². The molecule has 4 heteroatoms. The predicted molar refractivity (Wildman–Crippen MR) is 81.2 cm³/mol. The molecule has 1 N–H and O–H groups in total. The van der Waals surface area contributed by atoms with Crippen LogP contribution in [0.3, 0.4) is 0 Å². The normalized spacial score (nSPS) is 19.8. The number of methoxy groups -OCH3 is 1. The first-order chi connectivity index (χ1) is 9.61. The first-order valence-corrected chi connectivity index (χ1v) is 8.06. The van der Waals surface area contributed by atoms with Crippen molar-refractivity contribution in [3.63, 3.8) is 0 Å². The molecule has 0 bridgehead atoms. The lowest BCUT2D eigenvalue weighted by Gasteiger charge is -2.32. The van der Waals surface area contributed by atoms with Crippen molar-refractivity contribution < 1.29 is 14.2 Å². The van der Waals surface area contributed by atoms with Crippen LogP contribution in [0.2, 0.25) is 0 Å². The average molecular weight is 345 g/mol. The summed E-state index contributed by atoms with van der Waals surface area (Å²) in [7, 11) is 1.67. The molecule has 0 spiro atoms. The number of halogens is 2. The highest BCUT2D eigenvalue weighted by molar-refractivity contribution is 9.10. The lowest BCUT2D eigenvalue weighted by molar-refractivity contribution is -0.0535. The molecule has 1 saturated carbocycles. The maximum atomic E-state index is 13.2. The van der Waals surface area contributed by atoms with Crippen molar-refractivity contribution in [3.8, 4) is 0 Å². The van der Waals surface area contributed by atoms with Gasteiger partial charge in [-0.1, -0.05) is 25.3 Å². The molecule has 0 aliphatic heterocycles. The summed E-state index contributed by atoms with van der Waals surface area (Å²) in [5, 5.41) is 10.4. The van der Waals surface area contributed by atoms with E-state index in [0.717, 1.165) is 18.4 Å². The number of aliphatic hydroxyl groups is 1. The Balaban J connectivity index is 2.00. The van der Waals surface area contributed by atoms with Crippen molar-refractivity contribution >= 4 is 15.9 Å². The molecule has 0 heterocycles. The highest BCUT2D eigenvalue weighted by atomic mass is 79.9. The second kappa shape index (κ2) is 7.53. The van der Waals surface area contributed by atoms with Gasteiger partial charge in [-0.15, -0.1) is 0 Å². The van der Waals surface area contributed by atoms with E-state index >= 15 is 0 Å². The van der Waals surface area contributed by atoms with Crippen molar-refractivity contribution in [1.29, 1.82) is 0 Å². The standard InChI is InChI=1S/C16H22BrFO2/c1-20-16(12-5-3-2-4-6-12)15(19)10-11-7-8-14(18)13(17)9-11/h7-9,12,15-16,19H,2-6,10H2,1H3. The second-order valence-electron chi connectivity index (χ2n) is 5.62. The summed E-state index contributed by atoms with van der Waals surface area (Å²) in [6.45, 7) is 0. The smallest absolute Gasteiger partial charge is 0.137 e. The van der Waals surface area contributed by atoms with Gasteiger partial charge in [-0.25, -0.2) is 4.39 Å². The maximum absolute atomic E-state index is 13.2. The third-order valence-corrected chi connectivity index (χ3v) is 4.80. The van der Waals surface area contributed by atoms with Crippen molar-refractivity contribution in [2.45, 2.75) is 50.7 Å². The van der Waals surface area contributed by atoms with E-state index in [9.17, 15) is 9.50 Å². The number of benzene rings is 1. The first-order valence-electron chi connectivity index (χ1n) is 7.26. The molecule has 1 fully saturated rings. The average Bonchev–Trinajstić information content (AvgIpc) is 2.45. The van der Waals surface area contributed by atoms with Crippen LogP contribution in [-0.4, -0.2) is 24.4 Å². The van der Waals surface area contributed by atoms with E-state index in [-0.39, 0.29) is 11.9 Å². The third kappa shape index (κ3) is 4.03. The molecule has 1 aromatic carbocycles. The SMILES string of the molecule is COC(C(O)Cc1ccc(F)c(Br)c1)C1CCCCC1. The zero-order valence-electron chi connectivity index (χ0n) is 11.8. The molecular weight excluding hydrogens is 323 g/mol. The summed E-state index contributed by atoms with van der Waals surface area (Å²) < 4.78 is 19.2. The Morgan fingerprint density at radius 1 is 1.35 bits per heavy atom. The third-order valence-electron chi connectivity index (χ3n) is 4.19. The van der Waals surface area contributed by atoms with Crippen LogP contribution in [0.5, 0.6) is 0 Å². The van der Waals surface area contributed by atoms with Crippen molar-refractivity contribution in [2.24, 2.45) is 5.92 Å². The molecular formula is C16H22BrFO2. The minimum atomic E-state index is -0.541. The molecule has 0 aromatic heterocycles. The van der Waals surface area contributed by atoms with Crippen LogP contribution in [0.25, 0.3) is 0 Å². The van der Waals surface area contributed by atoms with Gasteiger partial charge in [0.2, 0.25) is 0 Å². The van der Waals surface area contributed by atoms with Gasteiger partial charge in [-0.2, -0.15) is 0 Å². The summed E-state index contributed by atoms with van der Waals surface area (Å²) in [4.78, 5) is 0. The van der Waals surface area contributed by atoms with Gasteiger partial charge in [-0.3, -0.25) is 0 Å². The Hall–Kier alpha value is -0.450. The summed E-state index contributed by atoms with van der Waals surface area (Å²) >= 11 is 3.18. The Morgan fingerprint density at radius 2 is 2.05 bits per heavy atom. The summed E-state index contributed by atoms with van der Waals surface area (Å²) in [5.41, 5.74) is 0.920.